The number of rotatable bonds is 10. The van der Waals surface area contributed by atoms with E-state index in [0.717, 1.165) is 17.4 Å². The lowest BCUT2D eigenvalue weighted by Gasteiger charge is -2.24. The molecule has 0 saturated carbocycles. The molecule has 3 rings (SSSR count). The molecule has 13 heteroatoms. The van der Waals surface area contributed by atoms with Gasteiger partial charge in [0, 0.05) is 18.7 Å². The Hall–Kier alpha value is -3.97. The average Bonchev–Trinajstić information content (AvgIpc) is 3.32. The van der Waals surface area contributed by atoms with Gasteiger partial charge in [0.05, 0.1) is 36.6 Å². The van der Waals surface area contributed by atoms with Crippen LogP contribution in [0.2, 0.25) is 0 Å². The minimum Gasteiger partial charge on any atom is -0.492 e. The zero-order valence-electron chi connectivity index (χ0n) is 24.1. The number of methoxy groups -OCH3 is 1. The van der Waals surface area contributed by atoms with Crippen LogP contribution < -0.4 is 20.1 Å². The summed E-state index contributed by atoms with van der Waals surface area (Å²) in [6, 6.07) is 8.52. The summed E-state index contributed by atoms with van der Waals surface area (Å²) in [4.78, 5) is 27.8. The molecule has 0 radical (unpaired) electrons. The van der Waals surface area contributed by atoms with Crippen molar-refractivity contribution in [2.24, 2.45) is 0 Å². The summed E-state index contributed by atoms with van der Waals surface area (Å²) in [6.07, 6.45) is 2.55. The Morgan fingerprint density at radius 3 is 2.35 bits per heavy atom. The van der Waals surface area contributed by atoms with Crippen molar-refractivity contribution in [3.8, 4) is 11.4 Å². The number of likely N-dealkylation sites (N-methyl/N-ethyl adjacent to an activating group) is 1. The summed E-state index contributed by atoms with van der Waals surface area (Å²) in [7, 11) is 1.62. The summed E-state index contributed by atoms with van der Waals surface area (Å²) in [5, 5.41) is 13.7. The molecule has 1 heterocycles. The fourth-order valence-electron chi connectivity index (χ4n) is 3.81. The van der Waals surface area contributed by atoms with Gasteiger partial charge in [0.15, 0.2) is 11.4 Å². The topological polar surface area (TPSA) is 148 Å². The predicted molar refractivity (Wildman–Crippen MR) is 155 cm³/mol. The molecule has 0 atom stereocenters. The third-order valence-electron chi connectivity index (χ3n) is 5.99. The van der Waals surface area contributed by atoms with Gasteiger partial charge < -0.3 is 20.3 Å². The largest absolute Gasteiger partial charge is 0.492 e. The molecule has 3 aromatic rings. The molecule has 0 bridgehead atoms. The van der Waals surface area contributed by atoms with E-state index in [4.69, 9.17) is 4.74 Å². The summed E-state index contributed by atoms with van der Waals surface area (Å²) in [5.74, 6) is -0.609. The van der Waals surface area contributed by atoms with Crippen molar-refractivity contribution in [1.82, 2.24) is 25.2 Å². The van der Waals surface area contributed by atoms with E-state index in [2.05, 4.69) is 25.7 Å². The Bertz CT molecular complexity index is 1510. The molecule has 12 nitrogen and oxygen atoms in total. The fourth-order valence-corrected chi connectivity index (χ4v) is 4.36. The molecule has 0 spiro atoms. The first-order valence-electron chi connectivity index (χ1n) is 12.6. The van der Waals surface area contributed by atoms with Gasteiger partial charge in [-0.25, -0.2) is 13.1 Å². The van der Waals surface area contributed by atoms with Crippen molar-refractivity contribution in [1.29, 1.82) is 0 Å². The number of anilines is 2. The SMILES string of the molecule is COc1c(NC(=O)c2ccc(C)c(-n3cc(C(=O)NCCN(C)C)nn3)c2)cc(C(C)(C)C)cc1NS(C)(=O)=O. The first kappa shape index (κ1) is 30.6. The highest BCUT2D eigenvalue weighted by Gasteiger charge is 2.23. The number of benzene rings is 2. The standard InChI is InChI=1S/C27H37N7O5S/c1-17-9-10-18(13-23(17)34-16-22(30-32-34)26(36)28-11-12-33(5)6)25(35)29-20-14-19(27(2,3)4)15-21(24(20)39-7)31-40(8,37)38/h9-10,13-16,31H,11-12H2,1-8H3,(H,28,36)(H,29,35). The minimum atomic E-state index is -3.61. The second kappa shape index (κ2) is 12.0. The number of carbonyl (C=O) groups is 2. The summed E-state index contributed by atoms with van der Waals surface area (Å²) >= 11 is 0. The quantitative estimate of drug-likeness (QED) is 0.337. The Kier molecular flexibility index (Phi) is 9.21. The number of hydrogen-bond donors (Lipinski definition) is 3. The van der Waals surface area contributed by atoms with Crippen molar-refractivity contribution >= 4 is 33.2 Å². The maximum atomic E-state index is 13.4. The van der Waals surface area contributed by atoms with Gasteiger partial charge in [-0.3, -0.25) is 14.3 Å². The molecule has 0 aliphatic carbocycles. The maximum Gasteiger partial charge on any atom is 0.273 e. The number of sulfonamides is 1. The number of carbonyl (C=O) groups excluding carboxylic acids is 2. The van der Waals surface area contributed by atoms with E-state index in [1.165, 1.54) is 18.0 Å². The van der Waals surface area contributed by atoms with Gasteiger partial charge in [0.2, 0.25) is 10.0 Å². The normalized spacial score (nSPS) is 11.8. The smallest absolute Gasteiger partial charge is 0.273 e. The van der Waals surface area contributed by atoms with Crippen molar-refractivity contribution in [3.05, 3.63) is 58.9 Å². The van der Waals surface area contributed by atoms with Crippen LogP contribution in [-0.4, -0.2) is 80.7 Å². The van der Waals surface area contributed by atoms with Gasteiger partial charge >= 0.3 is 0 Å². The molecule has 0 fully saturated rings. The van der Waals surface area contributed by atoms with Gasteiger partial charge in [-0.15, -0.1) is 5.10 Å². The lowest BCUT2D eigenvalue weighted by atomic mass is 9.86. The minimum absolute atomic E-state index is 0.155. The summed E-state index contributed by atoms with van der Waals surface area (Å²) in [6.45, 7) is 8.94. The molecule has 2 aromatic carbocycles. The second-order valence-corrected chi connectivity index (χ2v) is 12.5. The molecular weight excluding hydrogens is 534 g/mol. The van der Waals surface area contributed by atoms with Crippen LogP contribution in [0.5, 0.6) is 5.75 Å². The third kappa shape index (κ3) is 7.79. The lowest BCUT2D eigenvalue weighted by molar-refractivity contribution is 0.0945. The van der Waals surface area contributed by atoms with Crippen LogP contribution >= 0.6 is 0 Å². The van der Waals surface area contributed by atoms with E-state index in [0.29, 0.717) is 30.0 Å². The van der Waals surface area contributed by atoms with E-state index >= 15 is 0 Å². The van der Waals surface area contributed by atoms with Gasteiger partial charge in [0.1, 0.15) is 0 Å². The van der Waals surface area contributed by atoms with Gasteiger partial charge in [-0.05, 0) is 61.8 Å². The molecule has 2 amide bonds. The van der Waals surface area contributed by atoms with Gasteiger partial charge in [-0.2, -0.15) is 0 Å². The van der Waals surface area contributed by atoms with Crippen molar-refractivity contribution in [2.45, 2.75) is 33.1 Å². The van der Waals surface area contributed by atoms with Crippen LogP contribution in [0.4, 0.5) is 11.4 Å². The monoisotopic (exact) mass is 571 g/mol. The van der Waals surface area contributed by atoms with Crippen LogP contribution in [0, 0.1) is 6.92 Å². The van der Waals surface area contributed by atoms with Gasteiger partial charge in [0.25, 0.3) is 11.8 Å². The first-order valence-corrected chi connectivity index (χ1v) is 14.5. The number of ether oxygens (including phenoxy) is 1. The summed E-state index contributed by atoms with van der Waals surface area (Å²) in [5.41, 5.74) is 2.83. The molecule has 0 unspecified atom stereocenters. The predicted octanol–water partition coefficient (Wildman–Crippen LogP) is 2.80. The molecule has 0 saturated heterocycles. The van der Waals surface area contributed by atoms with Crippen LogP contribution in [-0.2, 0) is 15.4 Å². The van der Waals surface area contributed by atoms with E-state index in [-0.39, 0.29) is 28.5 Å². The first-order chi connectivity index (χ1) is 18.6. The van der Waals surface area contributed by atoms with E-state index in [9.17, 15) is 18.0 Å². The van der Waals surface area contributed by atoms with E-state index in [1.807, 2.05) is 46.7 Å². The Balaban J connectivity index is 1.93. The number of amides is 2. The number of aryl methyl sites for hydroxylation is 1. The highest BCUT2D eigenvalue weighted by Crippen LogP contribution is 2.39. The number of aromatic nitrogens is 3. The summed E-state index contributed by atoms with van der Waals surface area (Å²) < 4.78 is 33.5. The van der Waals surface area contributed by atoms with Crippen molar-refractivity contribution < 1.29 is 22.7 Å². The Labute approximate surface area is 235 Å². The highest BCUT2D eigenvalue weighted by molar-refractivity contribution is 7.92. The molecule has 0 aliphatic rings. The second-order valence-electron chi connectivity index (χ2n) is 10.8. The number of nitrogens with one attached hydrogen (secondary N) is 3. The Morgan fingerprint density at radius 1 is 1.07 bits per heavy atom. The lowest BCUT2D eigenvalue weighted by Crippen LogP contribution is -2.31. The molecular formula is C27H37N7O5S. The fraction of sp³-hybridized carbons (Fsp3) is 0.407. The Morgan fingerprint density at radius 2 is 1.75 bits per heavy atom. The van der Waals surface area contributed by atoms with Crippen molar-refractivity contribution in [3.63, 3.8) is 0 Å². The number of hydrogen-bond acceptors (Lipinski definition) is 8. The van der Waals surface area contributed by atoms with Gasteiger partial charge in [-0.1, -0.05) is 32.1 Å². The molecule has 40 heavy (non-hydrogen) atoms. The van der Waals surface area contributed by atoms with Crippen LogP contribution in [0.3, 0.4) is 0 Å². The molecule has 3 N–H and O–H groups in total. The zero-order chi connectivity index (χ0) is 29.8. The van der Waals surface area contributed by atoms with Crippen molar-refractivity contribution in [2.75, 3.05) is 50.6 Å². The number of nitrogens with zero attached hydrogens (tertiary/aromatic N) is 4. The molecule has 0 aliphatic heterocycles. The van der Waals surface area contributed by atoms with E-state index in [1.54, 1.807) is 30.3 Å². The van der Waals surface area contributed by atoms with Crippen LogP contribution in [0.15, 0.2) is 36.5 Å². The molecule has 216 valence electrons. The average molecular weight is 572 g/mol. The van der Waals surface area contributed by atoms with Crippen LogP contribution in [0.1, 0.15) is 52.7 Å². The zero-order valence-corrected chi connectivity index (χ0v) is 24.9. The van der Waals surface area contributed by atoms with E-state index < -0.39 is 15.9 Å². The third-order valence-corrected chi connectivity index (χ3v) is 6.58. The highest BCUT2D eigenvalue weighted by atomic mass is 32.2. The van der Waals surface area contributed by atoms with Crippen LogP contribution in [0.25, 0.3) is 5.69 Å². The molecule has 1 aromatic heterocycles. The maximum absolute atomic E-state index is 13.4.